The van der Waals surface area contributed by atoms with E-state index >= 15 is 0 Å². The molecular weight excluding hydrogens is 214 g/mol. The van der Waals surface area contributed by atoms with Crippen LogP contribution in [0, 0.1) is 25.2 Å². The summed E-state index contributed by atoms with van der Waals surface area (Å²) >= 11 is 0. The van der Waals surface area contributed by atoms with E-state index in [0.717, 1.165) is 17.9 Å². The molecule has 2 N–H and O–H groups in total. The van der Waals surface area contributed by atoms with E-state index in [4.69, 9.17) is 0 Å². The summed E-state index contributed by atoms with van der Waals surface area (Å²) in [5, 5.41) is 9.94. The van der Waals surface area contributed by atoms with E-state index < -0.39 is 0 Å². The predicted octanol–water partition coefficient (Wildman–Crippen LogP) is 2.19. The van der Waals surface area contributed by atoms with Gasteiger partial charge in [0, 0.05) is 12.2 Å². The van der Waals surface area contributed by atoms with Crippen molar-refractivity contribution in [3.8, 4) is 0 Å². The van der Waals surface area contributed by atoms with E-state index in [1.54, 1.807) is 0 Å². The van der Waals surface area contributed by atoms with Crippen molar-refractivity contribution >= 4 is 5.91 Å². The first kappa shape index (κ1) is 12.1. The lowest BCUT2D eigenvalue weighted by atomic mass is 9.92. The zero-order valence-corrected chi connectivity index (χ0v) is 11.1. The first-order chi connectivity index (χ1) is 7.96. The van der Waals surface area contributed by atoms with Gasteiger partial charge in [0.25, 0.3) is 5.91 Å². The van der Waals surface area contributed by atoms with Crippen molar-refractivity contribution in [3.05, 3.63) is 17.0 Å². The Bertz CT molecular complexity index is 410. The molecule has 4 nitrogen and oxygen atoms in total. The van der Waals surface area contributed by atoms with Crippen LogP contribution in [0.1, 0.15) is 48.4 Å². The van der Waals surface area contributed by atoms with Gasteiger partial charge >= 0.3 is 0 Å². The average Bonchev–Trinajstić information content (AvgIpc) is 2.98. The number of aromatic amines is 1. The highest BCUT2D eigenvalue weighted by Crippen LogP contribution is 2.51. The molecule has 0 unspecified atom stereocenters. The normalized spacial score (nSPS) is 17.2. The molecule has 17 heavy (non-hydrogen) atoms. The number of amides is 1. The summed E-state index contributed by atoms with van der Waals surface area (Å²) in [6, 6.07) is 0. The molecule has 4 heteroatoms. The number of H-pyrrole nitrogens is 1. The van der Waals surface area contributed by atoms with Crippen LogP contribution in [0.5, 0.6) is 0 Å². The number of hydrogen-bond donors (Lipinski definition) is 2. The fourth-order valence-electron chi connectivity index (χ4n) is 2.35. The molecule has 0 spiro atoms. The van der Waals surface area contributed by atoms with Gasteiger partial charge < -0.3 is 5.32 Å². The van der Waals surface area contributed by atoms with Crippen LogP contribution in [0.2, 0.25) is 0 Å². The summed E-state index contributed by atoms with van der Waals surface area (Å²) in [6.45, 7) is 8.98. The lowest BCUT2D eigenvalue weighted by molar-refractivity contribution is 0.0938. The largest absolute Gasteiger partial charge is 0.351 e. The van der Waals surface area contributed by atoms with Crippen molar-refractivity contribution in [2.24, 2.45) is 11.3 Å². The molecule has 1 amide bonds. The van der Waals surface area contributed by atoms with Crippen LogP contribution in [0.15, 0.2) is 0 Å². The summed E-state index contributed by atoms with van der Waals surface area (Å²) in [7, 11) is 0. The molecule has 0 saturated heterocycles. The number of aromatic nitrogens is 2. The van der Waals surface area contributed by atoms with Gasteiger partial charge in [0.15, 0.2) is 0 Å². The van der Waals surface area contributed by atoms with Crippen LogP contribution in [0.3, 0.4) is 0 Å². The lowest BCUT2D eigenvalue weighted by Gasteiger charge is -2.20. The van der Waals surface area contributed by atoms with Crippen molar-refractivity contribution in [2.45, 2.75) is 40.5 Å². The summed E-state index contributed by atoms with van der Waals surface area (Å²) in [5.41, 5.74) is 2.66. The van der Waals surface area contributed by atoms with Gasteiger partial charge in [0.2, 0.25) is 0 Å². The Balaban J connectivity index is 1.99. The molecular formula is C13H21N3O. The predicted molar refractivity (Wildman–Crippen MR) is 66.9 cm³/mol. The van der Waals surface area contributed by atoms with Crippen LogP contribution < -0.4 is 5.32 Å². The molecule has 1 fully saturated rings. The Hall–Kier alpha value is -1.32. The average molecular weight is 235 g/mol. The summed E-state index contributed by atoms with van der Waals surface area (Å²) in [4.78, 5) is 12.1. The Morgan fingerprint density at radius 2 is 2.12 bits per heavy atom. The van der Waals surface area contributed by atoms with Gasteiger partial charge in [-0.1, -0.05) is 13.8 Å². The van der Waals surface area contributed by atoms with Gasteiger partial charge in [-0.25, -0.2) is 0 Å². The summed E-state index contributed by atoms with van der Waals surface area (Å²) < 4.78 is 0. The minimum absolute atomic E-state index is 0.000625. The zero-order valence-electron chi connectivity index (χ0n) is 11.1. The Morgan fingerprint density at radius 1 is 1.47 bits per heavy atom. The van der Waals surface area contributed by atoms with Crippen molar-refractivity contribution in [1.29, 1.82) is 0 Å². The zero-order chi connectivity index (χ0) is 12.6. The summed E-state index contributed by atoms with van der Waals surface area (Å²) in [5.74, 6) is 0.634. The molecule has 1 aromatic heterocycles. The smallest absolute Gasteiger partial charge is 0.255 e. The minimum Gasteiger partial charge on any atom is -0.351 e. The van der Waals surface area contributed by atoms with Crippen molar-refractivity contribution in [2.75, 3.05) is 6.54 Å². The van der Waals surface area contributed by atoms with E-state index in [-0.39, 0.29) is 5.91 Å². The number of aryl methyl sites for hydroxylation is 2. The SMILES string of the molecule is Cc1n[nH]c(C)c1C(=O)NCC1(C(C)C)CC1. The molecule has 0 aliphatic heterocycles. The van der Waals surface area contributed by atoms with E-state index in [9.17, 15) is 4.79 Å². The fraction of sp³-hybridized carbons (Fsp3) is 0.692. The summed E-state index contributed by atoms with van der Waals surface area (Å²) in [6.07, 6.45) is 2.46. The molecule has 1 saturated carbocycles. The Labute approximate surface area is 102 Å². The second-order valence-corrected chi connectivity index (χ2v) is 5.51. The number of nitrogens with one attached hydrogen (secondary N) is 2. The number of carbonyl (C=O) groups excluding carboxylic acids is 1. The first-order valence-electron chi connectivity index (χ1n) is 6.26. The minimum atomic E-state index is 0.000625. The molecule has 1 aromatic rings. The maximum Gasteiger partial charge on any atom is 0.255 e. The van der Waals surface area contributed by atoms with E-state index in [1.807, 2.05) is 13.8 Å². The van der Waals surface area contributed by atoms with Gasteiger partial charge in [0.1, 0.15) is 0 Å². The van der Waals surface area contributed by atoms with E-state index in [2.05, 4.69) is 29.4 Å². The molecule has 1 aliphatic carbocycles. The van der Waals surface area contributed by atoms with Crippen molar-refractivity contribution < 1.29 is 4.79 Å². The second-order valence-electron chi connectivity index (χ2n) is 5.51. The molecule has 0 aromatic carbocycles. The molecule has 0 atom stereocenters. The molecule has 2 rings (SSSR count). The van der Waals surface area contributed by atoms with Crippen LogP contribution in [-0.4, -0.2) is 22.6 Å². The monoisotopic (exact) mass is 235 g/mol. The number of hydrogen-bond acceptors (Lipinski definition) is 2. The van der Waals surface area contributed by atoms with Gasteiger partial charge in [-0.2, -0.15) is 5.10 Å². The van der Waals surface area contributed by atoms with Crippen LogP contribution >= 0.6 is 0 Å². The highest BCUT2D eigenvalue weighted by atomic mass is 16.1. The van der Waals surface area contributed by atoms with Crippen LogP contribution in [0.25, 0.3) is 0 Å². The third-order valence-electron chi connectivity index (χ3n) is 4.07. The molecule has 0 bridgehead atoms. The van der Waals surface area contributed by atoms with E-state index in [1.165, 1.54) is 12.8 Å². The van der Waals surface area contributed by atoms with Crippen molar-refractivity contribution in [1.82, 2.24) is 15.5 Å². The van der Waals surface area contributed by atoms with Crippen LogP contribution in [0.4, 0.5) is 0 Å². The standard InChI is InChI=1S/C13H21N3O/c1-8(2)13(5-6-13)7-14-12(17)11-9(3)15-16-10(11)4/h8H,5-7H2,1-4H3,(H,14,17)(H,15,16). The Morgan fingerprint density at radius 3 is 2.53 bits per heavy atom. The number of carbonyl (C=O) groups is 1. The van der Waals surface area contributed by atoms with Crippen LogP contribution in [-0.2, 0) is 0 Å². The maximum absolute atomic E-state index is 12.1. The molecule has 1 aliphatic rings. The van der Waals surface area contributed by atoms with E-state index in [0.29, 0.717) is 16.9 Å². The van der Waals surface area contributed by atoms with Gasteiger partial charge in [-0.3, -0.25) is 9.89 Å². The fourth-order valence-corrected chi connectivity index (χ4v) is 2.35. The third kappa shape index (κ3) is 2.21. The lowest BCUT2D eigenvalue weighted by Crippen LogP contribution is -2.33. The highest BCUT2D eigenvalue weighted by Gasteiger charge is 2.45. The van der Waals surface area contributed by atoms with Gasteiger partial charge in [-0.15, -0.1) is 0 Å². The third-order valence-corrected chi connectivity index (χ3v) is 4.07. The molecule has 94 valence electrons. The molecule has 0 radical (unpaired) electrons. The highest BCUT2D eigenvalue weighted by molar-refractivity contribution is 5.96. The first-order valence-corrected chi connectivity index (χ1v) is 6.26. The molecule has 1 heterocycles. The topological polar surface area (TPSA) is 57.8 Å². The quantitative estimate of drug-likeness (QED) is 0.840. The number of rotatable bonds is 4. The van der Waals surface area contributed by atoms with Crippen molar-refractivity contribution in [3.63, 3.8) is 0 Å². The maximum atomic E-state index is 12.1. The Kier molecular flexibility index (Phi) is 2.98. The number of nitrogens with zero attached hydrogens (tertiary/aromatic N) is 1. The van der Waals surface area contributed by atoms with Gasteiger partial charge in [0.05, 0.1) is 11.3 Å². The van der Waals surface area contributed by atoms with Gasteiger partial charge in [-0.05, 0) is 38.0 Å². The second kappa shape index (κ2) is 4.17.